The maximum atomic E-state index is 14.3. The Morgan fingerprint density at radius 2 is 1.65 bits per heavy atom. The predicted molar refractivity (Wildman–Crippen MR) is 155 cm³/mol. The van der Waals surface area contributed by atoms with Crippen LogP contribution in [0.4, 0.5) is 4.79 Å². The van der Waals surface area contributed by atoms with E-state index in [9.17, 15) is 9.59 Å². The molecule has 0 aliphatic carbocycles. The largest absolute Gasteiger partial charge is 0.497 e. The Bertz CT molecular complexity index is 1430. The number of nitrogens with zero attached hydrogens (tertiary/aromatic N) is 3. The Balaban J connectivity index is 1.71. The van der Waals surface area contributed by atoms with Crippen molar-refractivity contribution in [3.05, 3.63) is 93.5 Å². The summed E-state index contributed by atoms with van der Waals surface area (Å²) in [4.78, 5) is 35.0. The molecular formula is C30H30Cl2N4O4. The minimum atomic E-state index is -0.528. The van der Waals surface area contributed by atoms with Gasteiger partial charge in [-0.15, -0.1) is 0 Å². The molecule has 0 aromatic heterocycles. The second-order valence-electron chi connectivity index (χ2n) is 9.90. The molecule has 2 atom stereocenters. The van der Waals surface area contributed by atoms with Crippen molar-refractivity contribution in [2.24, 2.45) is 4.99 Å². The summed E-state index contributed by atoms with van der Waals surface area (Å²) in [7, 11) is 1.59. The summed E-state index contributed by atoms with van der Waals surface area (Å²) in [6.07, 6.45) is -0.137. The van der Waals surface area contributed by atoms with Gasteiger partial charge >= 0.3 is 6.03 Å². The van der Waals surface area contributed by atoms with E-state index in [1.807, 2.05) is 62.4 Å². The van der Waals surface area contributed by atoms with Gasteiger partial charge in [0.15, 0.2) is 0 Å². The third kappa shape index (κ3) is 5.74. The molecule has 10 heteroatoms. The van der Waals surface area contributed by atoms with Gasteiger partial charge in [0.25, 0.3) is 0 Å². The van der Waals surface area contributed by atoms with Crippen LogP contribution in [0.1, 0.15) is 42.6 Å². The lowest BCUT2D eigenvalue weighted by Crippen LogP contribution is -2.55. The van der Waals surface area contributed by atoms with Gasteiger partial charge < -0.3 is 19.7 Å². The molecule has 208 valence electrons. The monoisotopic (exact) mass is 580 g/mol. The second-order valence-corrected chi connectivity index (χ2v) is 10.8. The number of carbonyl (C=O) groups excluding carboxylic acids is 2. The molecule has 1 fully saturated rings. The summed E-state index contributed by atoms with van der Waals surface area (Å²) in [5, 5.41) is 3.97. The maximum absolute atomic E-state index is 14.3. The zero-order valence-corrected chi connectivity index (χ0v) is 23.9. The van der Waals surface area contributed by atoms with Gasteiger partial charge in [-0.2, -0.15) is 0 Å². The normalized spacial score (nSPS) is 18.9. The average Bonchev–Trinajstić information content (AvgIpc) is 3.33. The zero-order chi connectivity index (χ0) is 28.4. The highest BCUT2D eigenvalue weighted by Crippen LogP contribution is 2.45. The number of hydrogen-bond acceptors (Lipinski definition) is 5. The SMILES string of the molecule is COc1ccc(C2=N[C@@H](c3ccc(Cl)cc3)C(c3ccc(Cl)cc3)N2C(=O)N2CCNC(=O)C2)c(OC(C)C)c1. The van der Waals surface area contributed by atoms with Crippen LogP contribution in [0.25, 0.3) is 0 Å². The first kappa shape index (κ1) is 27.8. The molecule has 1 unspecified atom stereocenters. The van der Waals surface area contributed by atoms with Crippen molar-refractivity contribution in [1.29, 1.82) is 0 Å². The van der Waals surface area contributed by atoms with Crippen LogP contribution in [0.2, 0.25) is 10.0 Å². The standard InChI is InChI=1S/C30H30Cl2N4O4/c1-18(2)40-25-16-23(39-3)12-13-24(25)29-34-27(19-4-8-21(31)9-5-19)28(20-6-10-22(32)11-7-20)36(29)30(38)35-15-14-33-26(37)17-35/h4-13,16,18,27-28H,14-15,17H2,1-3H3,(H,33,37)/t27-,28?/m0/s1. The van der Waals surface area contributed by atoms with E-state index < -0.39 is 12.1 Å². The van der Waals surface area contributed by atoms with E-state index in [-0.39, 0.29) is 24.6 Å². The molecule has 2 aliphatic heterocycles. The maximum Gasteiger partial charge on any atom is 0.326 e. The van der Waals surface area contributed by atoms with Crippen LogP contribution in [0.15, 0.2) is 71.7 Å². The summed E-state index contributed by atoms with van der Waals surface area (Å²) in [6.45, 7) is 4.58. The van der Waals surface area contributed by atoms with Gasteiger partial charge in [0, 0.05) is 29.2 Å². The molecule has 8 nitrogen and oxygen atoms in total. The van der Waals surface area contributed by atoms with Crippen molar-refractivity contribution in [3.63, 3.8) is 0 Å². The summed E-state index contributed by atoms with van der Waals surface area (Å²) < 4.78 is 11.7. The number of halogens is 2. The lowest BCUT2D eigenvalue weighted by atomic mass is 9.93. The van der Waals surface area contributed by atoms with Gasteiger partial charge in [0.05, 0.1) is 24.8 Å². The van der Waals surface area contributed by atoms with Crippen LogP contribution in [0.5, 0.6) is 11.5 Å². The summed E-state index contributed by atoms with van der Waals surface area (Å²) >= 11 is 12.5. The number of urea groups is 1. The van der Waals surface area contributed by atoms with E-state index in [1.165, 1.54) is 0 Å². The molecule has 0 spiro atoms. The van der Waals surface area contributed by atoms with Crippen LogP contribution >= 0.6 is 23.2 Å². The van der Waals surface area contributed by atoms with Crippen molar-refractivity contribution in [1.82, 2.24) is 15.1 Å². The minimum absolute atomic E-state index is 0.0421. The lowest BCUT2D eigenvalue weighted by molar-refractivity contribution is -0.123. The van der Waals surface area contributed by atoms with Crippen LogP contribution in [0, 0.1) is 0 Å². The highest BCUT2D eigenvalue weighted by atomic mass is 35.5. The lowest BCUT2D eigenvalue weighted by Gasteiger charge is -2.36. The molecule has 3 aromatic carbocycles. The number of aliphatic imine (C=N–C) groups is 1. The van der Waals surface area contributed by atoms with Crippen molar-refractivity contribution in [3.8, 4) is 11.5 Å². The van der Waals surface area contributed by atoms with Gasteiger partial charge in [0.1, 0.15) is 29.9 Å². The Morgan fingerprint density at radius 1 is 1.00 bits per heavy atom. The first-order chi connectivity index (χ1) is 19.2. The first-order valence-corrected chi connectivity index (χ1v) is 13.8. The molecule has 1 N–H and O–H groups in total. The number of carbonyl (C=O) groups is 2. The number of nitrogens with one attached hydrogen (secondary N) is 1. The molecule has 3 aromatic rings. The summed E-state index contributed by atoms with van der Waals surface area (Å²) in [5.74, 6) is 1.39. The topological polar surface area (TPSA) is 83.5 Å². The van der Waals surface area contributed by atoms with E-state index in [0.717, 1.165) is 11.1 Å². The van der Waals surface area contributed by atoms with Crippen molar-refractivity contribution >= 4 is 41.0 Å². The van der Waals surface area contributed by atoms with Gasteiger partial charge in [-0.3, -0.25) is 14.7 Å². The fourth-order valence-corrected chi connectivity index (χ4v) is 5.23. The second kappa shape index (κ2) is 11.8. The minimum Gasteiger partial charge on any atom is -0.497 e. The number of rotatable bonds is 6. The molecule has 5 rings (SSSR count). The Labute approximate surface area is 243 Å². The van der Waals surface area contributed by atoms with Crippen LogP contribution < -0.4 is 14.8 Å². The van der Waals surface area contributed by atoms with Gasteiger partial charge in [-0.05, 0) is 61.4 Å². The van der Waals surface area contributed by atoms with Crippen LogP contribution in [-0.2, 0) is 4.79 Å². The van der Waals surface area contributed by atoms with E-state index in [1.54, 1.807) is 35.1 Å². The van der Waals surface area contributed by atoms with E-state index in [4.69, 9.17) is 37.7 Å². The molecule has 0 bridgehead atoms. The molecule has 0 radical (unpaired) electrons. The predicted octanol–water partition coefficient (Wildman–Crippen LogP) is 5.89. The molecule has 40 heavy (non-hydrogen) atoms. The molecule has 2 aliphatic rings. The van der Waals surface area contributed by atoms with Gasteiger partial charge in [-0.1, -0.05) is 47.5 Å². The number of methoxy groups -OCH3 is 1. The van der Waals surface area contributed by atoms with E-state index in [0.29, 0.717) is 46.0 Å². The van der Waals surface area contributed by atoms with Crippen LogP contribution in [0.3, 0.4) is 0 Å². The fraction of sp³-hybridized carbons (Fsp3) is 0.300. The number of amidine groups is 1. The van der Waals surface area contributed by atoms with Crippen molar-refractivity contribution in [2.45, 2.75) is 32.0 Å². The summed E-state index contributed by atoms with van der Waals surface area (Å²) in [5.41, 5.74) is 2.37. The molecule has 2 heterocycles. The van der Waals surface area contributed by atoms with Gasteiger partial charge in [0.2, 0.25) is 5.91 Å². The average molecular weight is 582 g/mol. The summed E-state index contributed by atoms with van der Waals surface area (Å²) in [6, 6.07) is 19.0. The Morgan fingerprint density at radius 3 is 2.25 bits per heavy atom. The van der Waals surface area contributed by atoms with Crippen LogP contribution in [-0.4, -0.2) is 60.4 Å². The molecular weight excluding hydrogens is 551 g/mol. The van der Waals surface area contributed by atoms with Gasteiger partial charge in [-0.25, -0.2) is 4.79 Å². The fourth-order valence-electron chi connectivity index (χ4n) is 4.97. The highest BCUT2D eigenvalue weighted by Gasteiger charge is 2.45. The van der Waals surface area contributed by atoms with E-state index >= 15 is 0 Å². The zero-order valence-electron chi connectivity index (χ0n) is 22.4. The number of benzene rings is 3. The Hall–Kier alpha value is -3.75. The highest BCUT2D eigenvalue weighted by molar-refractivity contribution is 6.30. The quantitative estimate of drug-likeness (QED) is 0.394. The van der Waals surface area contributed by atoms with Crippen molar-refractivity contribution < 1.29 is 19.1 Å². The first-order valence-electron chi connectivity index (χ1n) is 13.0. The number of piperazine rings is 1. The molecule has 1 saturated heterocycles. The van der Waals surface area contributed by atoms with E-state index in [2.05, 4.69) is 5.32 Å². The smallest absolute Gasteiger partial charge is 0.326 e. The molecule has 0 saturated carbocycles. The third-order valence-electron chi connectivity index (χ3n) is 6.80. The number of amides is 3. The molecule has 3 amide bonds. The van der Waals surface area contributed by atoms with Crippen molar-refractivity contribution in [2.75, 3.05) is 26.7 Å². The Kier molecular flexibility index (Phi) is 8.19. The number of ether oxygens (including phenoxy) is 2. The number of hydrogen-bond donors (Lipinski definition) is 1. The third-order valence-corrected chi connectivity index (χ3v) is 7.30.